The Morgan fingerprint density at radius 1 is 1.38 bits per heavy atom. The second-order valence-electron chi connectivity index (χ2n) is 3.04. The maximum absolute atomic E-state index is 9.31. The SMILES string of the molecule is NCc1cccc(CC(O)CCl)c1. The number of rotatable bonds is 4. The molecule has 2 nitrogen and oxygen atoms in total. The molecule has 72 valence electrons. The van der Waals surface area contributed by atoms with Gasteiger partial charge in [-0.25, -0.2) is 0 Å². The molecule has 0 amide bonds. The summed E-state index contributed by atoms with van der Waals surface area (Å²) >= 11 is 5.50. The van der Waals surface area contributed by atoms with Crippen LogP contribution in [-0.4, -0.2) is 17.1 Å². The lowest BCUT2D eigenvalue weighted by Gasteiger charge is -2.07. The molecular formula is C10H14ClNO. The average molecular weight is 200 g/mol. The van der Waals surface area contributed by atoms with Gasteiger partial charge in [-0.2, -0.15) is 0 Å². The zero-order valence-electron chi connectivity index (χ0n) is 7.41. The van der Waals surface area contributed by atoms with Crippen molar-refractivity contribution in [2.24, 2.45) is 5.73 Å². The standard InChI is InChI=1S/C10H14ClNO/c11-6-10(13)5-8-2-1-3-9(4-8)7-12/h1-4,10,13H,5-7,12H2. The van der Waals surface area contributed by atoms with E-state index in [-0.39, 0.29) is 5.88 Å². The number of nitrogens with two attached hydrogens (primary N) is 1. The maximum atomic E-state index is 9.31. The quantitative estimate of drug-likeness (QED) is 0.718. The number of aliphatic hydroxyl groups is 1. The molecule has 0 saturated heterocycles. The summed E-state index contributed by atoms with van der Waals surface area (Å²) in [4.78, 5) is 0. The monoisotopic (exact) mass is 199 g/mol. The fourth-order valence-corrected chi connectivity index (χ4v) is 1.32. The number of hydrogen-bond donors (Lipinski definition) is 2. The molecule has 1 unspecified atom stereocenters. The van der Waals surface area contributed by atoms with Crippen LogP contribution in [-0.2, 0) is 13.0 Å². The van der Waals surface area contributed by atoms with Crippen LogP contribution in [0.15, 0.2) is 24.3 Å². The van der Waals surface area contributed by atoms with E-state index in [0.29, 0.717) is 13.0 Å². The average Bonchev–Trinajstić information content (AvgIpc) is 2.18. The fourth-order valence-electron chi connectivity index (χ4n) is 1.21. The lowest BCUT2D eigenvalue weighted by molar-refractivity contribution is 0.198. The number of benzene rings is 1. The highest BCUT2D eigenvalue weighted by atomic mass is 35.5. The van der Waals surface area contributed by atoms with E-state index in [1.165, 1.54) is 0 Å². The number of aliphatic hydroxyl groups excluding tert-OH is 1. The number of alkyl halides is 1. The smallest absolute Gasteiger partial charge is 0.0715 e. The van der Waals surface area contributed by atoms with Gasteiger partial charge in [0.1, 0.15) is 0 Å². The highest BCUT2D eigenvalue weighted by Gasteiger charge is 2.03. The molecule has 1 rings (SSSR count). The Bertz CT molecular complexity index is 265. The summed E-state index contributed by atoms with van der Waals surface area (Å²) in [6.45, 7) is 0.533. The van der Waals surface area contributed by atoms with E-state index in [4.69, 9.17) is 17.3 Å². The van der Waals surface area contributed by atoms with Crippen molar-refractivity contribution in [2.45, 2.75) is 19.1 Å². The van der Waals surface area contributed by atoms with Crippen molar-refractivity contribution in [2.75, 3.05) is 5.88 Å². The van der Waals surface area contributed by atoms with E-state index < -0.39 is 6.10 Å². The number of hydrogen-bond acceptors (Lipinski definition) is 2. The van der Waals surface area contributed by atoms with Crippen molar-refractivity contribution in [1.29, 1.82) is 0 Å². The molecular weight excluding hydrogens is 186 g/mol. The van der Waals surface area contributed by atoms with Gasteiger partial charge in [-0.15, -0.1) is 11.6 Å². The van der Waals surface area contributed by atoms with Crippen LogP contribution in [0.5, 0.6) is 0 Å². The first-order valence-electron chi connectivity index (χ1n) is 4.28. The minimum Gasteiger partial charge on any atom is -0.392 e. The summed E-state index contributed by atoms with van der Waals surface area (Å²) in [5, 5.41) is 9.31. The molecule has 1 aromatic carbocycles. The largest absolute Gasteiger partial charge is 0.392 e. The molecule has 0 spiro atoms. The molecule has 0 saturated carbocycles. The van der Waals surface area contributed by atoms with Crippen molar-refractivity contribution in [3.8, 4) is 0 Å². The van der Waals surface area contributed by atoms with Gasteiger partial charge >= 0.3 is 0 Å². The Morgan fingerprint density at radius 3 is 2.69 bits per heavy atom. The molecule has 3 heteroatoms. The third-order valence-corrected chi connectivity index (χ3v) is 2.23. The fraction of sp³-hybridized carbons (Fsp3) is 0.400. The molecule has 1 aromatic rings. The van der Waals surface area contributed by atoms with Gasteiger partial charge in [0.2, 0.25) is 0 Å². The summed E-state index contributed by atoms with van der Waals surface area (Å²) < 4.78 is 0. The normalized spacial score (nSPS) is 12.8. The summed E-state index contributed by atoms with van der Waals surface area (Å²) in [6.07, 6.45) is 0.131. The number of halogens is 1. The van der Waals surface area contributed by atoms with E-state index in [9.17, 15) is 5.11 Å². The third kappa shape index (κ3) is 3.35. The molecule has 3 N–H and O–H groups in total. The Labute approximate surface area is 83.3 Å². The van der Waals surface area contributed by atoms with Crippen molar-refractivity contribution < 1.29 is 5.11 Å². The van der Waals surface area contributed by atoms with Crippen LogP contribution in [0.4, 0.5) is 0 Å². The van der Waals surface area contributed by atoms with Crippen LogP contribution in [0, 0.1) is 0 Å². The van der Waals surface area contributed by atoms with Crippen molar-refractivity contribution >= 4 is 11.6 Å². The van der Waals surface area contributed by atoms with Crippen molar-refractivity contribution in [1.82, 2.24) is 0 Å². The Balaban J connectivity index is 2.66. The maximum Gasteiger partial charge on any atom is 0.0715 e. The minimum atomic E-state index is -0.463. The molecule has 0 heterocycles. The van der Waals surface area contributed by atoms with Gasteiger partial charge in [0.05, 0.1) is 6.10 Å². The molecule has 0 fully saturated rings. The van der Waals surface area contributed by atoms with Gasteiger partial charge in [0.15, 0.2) is 0 Å². The summed E-state index contributed by atoms with van der Waals surface area (Å²) in [5.41, 5.74) is 7.66. The lowest BCUT2D eigenvalue weighted by Crippen LogP contribution is -2.12. The highest BCUT2D eigenvalue weighted by molar-refractivity contribution is 6.18. The first-order chi connectivity index (χ1) is 6.26. The molecule has 1 atom stereocenters. The van der Waals surface area contributed by atoms with Gasteiger partial charge < -0.3 is 10.8 Å². The first kappa shape index (κ1) is 10.5. The van der Waals surface area contributed by atoms with Crippen molar-refractivity contribution in [3.63, 3.8) is 0 Å². The lowest BCUT2D eigenvalue weighted by atomic mass is 10.1. The Hall–Kier alpha value is -0.570. The summed E-state index contributed by atoms with van der Waals surface area (Å²) in [7, 11) is 0. The Kier molecular flexibility index (Phi) is 4.22. The van der Waals surface area contributed by atoms with Crippen LogP contribution in [0.2, 0.25) is 0 Å². The minimum absolute atomic E-state index is 0.271. The molecule has 13 heavy (non-hydrogen) atoms. The predicted molar refractivity (Wildman–Crippen MR) is 54.8 cm³/mol. The summed E-state index contributed by atoms with van der Waals surface area (Å²) in [5.74, 6) is 0.271. The molecule has 0 aliphatic rings. The van der Waals surface area contributed by atoms with Crippen LogP contribution in [0.3, 0.4) is 0 Å². The van der Waals surface area contributed by atoms with Gasteiger partial charge in [-0.05, 0) is 17.5 Å². The first-order valence-corrected chi connectivity index (χ1v) is 4.81. The van der Waals surface area contributed by atoms with Crippen LogP contribution in [0.25, 0.3) is 0 Å². The van der Waals surface area contributed by atoms with Gasteiger partial charge in [-0.3, -0.25) is 0 Å². The van der Waals surface area contributed by atoms with E-state index >= 15 is 0 Å². The second-order valence-corrected chi connectivity index (χ2v) is 3.34. The van der Waals surface area contributed by atoms with E-state index in [0.717, 1.165) is 11.1 Å². The zero-order chi connectivity index (χ0) is 9.68. The van der Waals surface area contributed by atoms with E-state index in [1.54, 1.807) is 0 Å². The second kappa shape index (κ2) is 5.22. The topological polar surface area (TPSA) is 46.2 Å². The van der Waals surface area contributed by atoms with Crippen molar-refractivity contribution in [3.05, 3.63) is 35.4 Å². The van der Waals surface area contributed by atoms with Crippen LogP contribution < -0.4 is 5.73 Å². The summed E-state index contributed by atoms with van der Waals surface area (Å²) in [6, 6.07) is 7.87. The van der Waals surface area contributed by atoms with Gasteiger partial charge in [-0.1, -0.05) is 24.3 Å². The van der Waals surface area contributed by atoms with Crippen LogP contribution in [0.1, 0.15) is 11.1 Å². The molecule has 0 aliphatic carbocycles. The van der Waals surface area contributed by atoms with Gasteiger partial charge in [0, 0.05) is 12.4 Å². The Morgan fingerprint density at radius 2 is 2.08 bits per heavy atom. The van der Waals surface area contributed by atoms with E-state index in [2.05, 4.69) is 0 Å². The zero-order valence-corrected chi connectivity index (χ0v) is 8.17. The van der Waals surface area contributed by atoms with Gasteiger partial charge in [0.25, 0.3) is 0 Å². The molecule has 0 bridgehead atoms. The molecule has 0 aromatic heterocycles. The predicted octanol–water partition coefficient (Wildman–Crippen LogP) is 1.29. The molecule has 0 radical (unpaired) electrons. The third-order valence-electron chi connectivity index (χ3n) is 1.88. The van der Waals surface area contributed by atoms with Crippen LogP contribution >= 0.6 is 11.6 Å². The van der Waals surface area contributed by atoms with E-state index in [1.807, 2.05) is 24.3 Å². The highest BCUT2D eigenvalue weighted by Crippen LogP contribution is 2.07. The molecule has 0 aliphatic heterocycles.